The predicted octanol–water partition coefficient (Wildman–Crippen LogP) is -0.385. The van der Waals surface area contributed by atoms with E-state index in [9.17, 15) is 17.6 Å². The van der Waals surface area contributed by atoms with Crippen LogP contribution in [0.15, 0.2) is 18.3 Å². The molecule has 0 radical (unpaired) electrons. The minimum atomic E-state index is -3.75. The lowest BCUT2D eigenvalue weighted by Gasteiger charge is -2.14. The van der Waals surface area contributed by atoms with Gasteiger partial charge in [-0.05, 0) is 12.1 Å². The van der Waals surface area contributed by atoms with Gasteiger partial charge in [-0.15, -0.1) is 0 Å². The lowest BCUT2D eigenvalue weighted by atomic mass is 10.4. The molecule has 92 valence electrons. The van der Waals surface area contributed by atoms with Gasteiger partial charge in [0.1, 0.15) is 16.9 Å². The average molecular weight is 259 g/mol. The summed E-state index contributed by atoms with van der Waals surface area (Å²) in [6.45, 7) is -0.0453. The SMILES string of the molecule is NS(=O)(=O)C1CC(=O)N(c2ccc(F)cn2)C1. The number of nitrogens with zero attached hydrogens (tertiary/aromatic N) is 2. The lowest BCUT2D eigenvalue weighted by molar-refractivity contribution is -0.117. The minimum absolute atomic E-state index is 0.0453. The molecule has 2 rings (SSSR count). The molecule has 1 aromatic rings. The maximum Gasteiger partial charge on any atom is 0.229 e. The van der Waals surface area contributed by atoms with Crippen LogP contribution in [0.5, 0.6) is 0 Å². The Morgan fingerprint density at radius 3 is 2.65 bits per heavy atom. The van der Waals surface area contributed by atoms with E-state index in [1.165, 1.54) is 11.0 Å². The number of aromatic nitrogens is 1. The number of halogens is 1. The first-order valence-corrected chi connectivity index (χ1v) is 6.42. The average Bonchev–Trinajstić information content (AvgIpc) is 2.61. The molecule has 1 unspecified atom stereocenters. The third-order valence-electron chi connectivity index (χ3n) is 2.54. The van der Waals surface area contributed by atoms with Crippen molar-refractivity contribution in [3.63, 3.8) is 0 Å². The number of sulfonamides is 1. The van der Waals surface area contributed by atoms with Crippen LogP contribution in [-0.2, 0) is 14.8 Å². The molecule has 6 nitrogen and oxygen atoms in total. The van der Waals surface area contributed by atoms with Crippen molar-refractivity contribution >= 4 is 21.7 Å². The van der Waals surface area contributed by atoms with Gasteiger partial charge in [-0.1, -0.05) is 0 Å². The van der Waals surface area contributed by atoms with E-state index in [-0.39, 0.29) is 24.7 Å². The molecule has 2 heterocycles. The van der Waals surface area contributed by atoms with Crippen LogP contribution in [-0.4, -0.2) is 31.1 Å². The maximum atomic E-state index is 12.7. The summed E-state index contributed by atoms with van der Waals surface area (Å²) in [5.41, 5.74) is 0. The van der Waals surface area contributed by atoms with Crippen molar-refractivity contribution in [2.45, 2.75) is 11.7 Å². The Kier molecular flexibility index (Phi) is 2.84. The maximum absolute atomic E-state index is 12.7. The van der Waals surface area contributed by atoms with E-state index < -0.39 is 21.1 Å². The molecule has 1 aliphatic rings. The van der Waals surface area contributed by atoms with E-state index in [4.69, 9.17) is 5.14 Å². The van der Waals surface area contributed by atoms with Crippen molar-refractivity contribution in [2.75, 3.05) is 11.4 Å². The second kappa shape index (κ2) is 4.04. The number of primary sulfonamides is 1. The third kappa shape index (κ3) is 2.42. The van der Waals surface area contributed by atoms with E-state index in [1.54, 1.807) is 0 Å². The highest BCUT2D eigenvalue weighted by Crippen LogP contribution is 2.22. The number of carbonyl (C=O) groups is 1. The second-order valence-electron chi connectivity index (χ2n) is 3.75. The molecule has 2 N–H and O–H groups in total. The molecule has 1 fully saturated rings. The first-order valence-electron chi connectivity index (χ1n) is 4.81. The number of rotatable bonds is 2. The summed E-state index contributed by atoms with van der Waals surface area (Å²) in [5.74, 6) is -0.686. The molecule has 0 aliphatic carbocycles. The second-order valence-corrected chi connectivity index (χ2v) is 5.60. The summed E-state index contributed by atoms with van der Waals surface area (Å²) in [5, 5.41) is 4.05. The van der Waals surface area contributed by atoms with Gasteiger partial charge >= 0.3 is 0 Å². The molecule has 8 heteroatoms. The molecule has 1 atom stereocenters. The first-order chi connectivity index (χ1) is 7.88. The Labute approximate surface area is 97.3 Å². The zero-order chi connectivity index (χ0) is 12.6. The molecule has 17 heavy (non-hydrogen) atoms. The van der Waals surface area contributed by atoms with Gasteiger partial charge in [0, 0.05) is 13.0 Å². The van der Waals surface area contributed by atoms with Crippen LogP contribution in [0.3, 0.4) is 0 Å². The Balaban J connectivity index is 2.24. The first kappa shape index (κ1) is 11.9. The van der Waals surface area contributed by atoms with E-state index in [0.29, 0.717) is 0 Å². The molecule has 0 aromatic carbocycles. The summed E-state index contributed by atoms with van der Waals surface area (Å²) in [6, 6.07) is 2.47. The van der Waals surface area contributed by atoms with Crippen LogP contribution in [0.1, 0.15) is 6.42 Å². The van der Waals surface area contributed by atoms with Gasteiger partial charge in [-0.2, -0.15) is 0 Å². The van der Waals surface area contributed by atoms with Gasteiger partial charge in [0.25, 0.3) is 0 Å². The number of pyridine rings is 1. The van der Waals surface area contributed by atoms with Gasteiger partial charge < -0.3 is 0 Å². The fraction of sp³-hybridized carbons (Fsp3) is 0.333. The Morgan fingerprint density at radius 1 is 1.47 bits per heavy atom. The zero-order valence-electron chi connectivity index (χ0n) is 8.71. The quantitative estimate of drug-likeness (QED) is 0.783. The highest BCUT2D eigenvalue weighted by molar-refractivity contribution is 7.89. The smallest absolute Gasteiger partial charge is 0.229 e. The van der Waals surface area contributed by atoms with E-state index in [1.807, 2.05) is 0 Å². The van der Waals surface area contributed by atoms with Crippen LogP contribution in [0.4, 0.5) is 10.2 Å². The zero-order valence-corrected chi connectivity index (χ0v) is 9.52. The number of carbonyl (C=O) groups excluding carboxylic acids is 1. The molecule has 0 spiro atoms. The van der Waals surface area contributed by atoms with Gasteiger partial charge in [0.05, 0.1) is 6.20 Å². The molecule has 0 bridgehead atoms. The molecule has 1 saturated heterocycles. The van der Waals surface area contributed by atoms with Crippen molar-refractivity contribution in [1.82, 2.24) is 4.98 Å². The highest BCUT2D eigenvalue weighted by Gasteiger charge is 2.37. The Bertz CT molecular complexity index is 543. The summed E-state index contributed by atoms with van der Waals surface area (Å²) >= 11 is 0. The van der Waals surface area contributed by atoms with Gasteiger partial charge in [-0.25, -0.2) is 22.9 Å². The summed E-state index contributed by atoms with van der Waals surface area (Å²) in [6.07, 6.45) is 0.796. The summed E-state index contributed by atoms with van der Waals surface area (Å²) < 4.78 is 34.9. The van der Waals surface area contributed by atoms with E-state index in [2.05, 4.69) is 4.98 Å². The topological polar surface area (TPSA) is 93.4 Å². The van der Waals surface area contributed by atoms with Gasteiger partial charge in [0.15, 0.2) is 0 Å². The Hall–Kier alpha value is -1.54. The number of hydrogen-bond acceptors (Lipinski definition) is 4. The minimum Gasteiger partial charge on any atom is -0.295 e. The molecular weight excluding hydrogens is 249 g/mol. The molecule has 1 aliphatic heterocycles. The number of hydrogen-bond donors (Lipinski definition) is 1. The van der Waals surface area contributed by atoms with Crippen LogP contribution in [0, 0.1) is 5.82 Å². The highest BCUT2D eigenvalue weighted by atomic mass is 32.2. The standard InChI is InChI=1S/C9H10FN3O3S/c10-6-1-2-8(12-4-6)13-5-7(3-9(13)14)17(11,15)16/h1-2,4,7H,3,5H2,(H2,11,15,16). The molecule has 0 saturated carbocycles. The number of nitrogens with two attached hydrogens (primary N) is 1. The van der Waals surface area contributed by atoms with E-state index in [0.717, 1.165) is 12.3 Å². The molecule has 1 amide bonds. The predicted molar refractivity (Wildman–Crippen MR) is 58.1 cm³/mol. The summed E-state index contributed by atoms with van der Waals surface area (Å²) in [4.78, 5) is 16.5. The van der Waals surface area contributed by atoms with Gasteiger partial charge in [-0.3, -0.25) is 9.69 Å². The van der Waals surface area contributed by atoms with Crippen LogP contribution < -0.4 is 10.0 Å². The van der Waals surface area contributed by atoms with Crippen molar-refractivity contribution in [2.24, 2.45) is 5.14 Å². The van der Waals surface area contributed by atoms with Crippen LogP contribution >= 0.6 is 0 Å². The van der Waals surface area contributed by atoms with Crippen molar-refractivity contribution in [3.8, 4) is 0 Å². The van der Waals surface area contributed by atoms with Crippen molar-refractivity contribution in [1.29, 1.82) is 0 Å². The summed E-state index contributed by atoms with van der Waals surface area (Å²) in [7, 11) is -3.75. The Morgan fingerprint density at radius 2 is 2.18 bits per heavy atom. The lowest BCUT2D eigenvalue weighted by Crippen LogP contribution is -2.32. The number of anilines is 1. The van der Waals surface area contributed by atoms with Crippen molar-refractivity contribution < 1.29 is 17.6 Å². The monoisotopic (exact) mass is 259 g/mol. The fourth-order valence-electron chi connectivity index (χ4n) is 1.64. The van der Waals surface area contributed by atoms with E-state index >= 15 is 0 Å². The molecular formula is C9H10FN3O3S. The van der Waals surface area contributed by atoms with Crippen molar-refractivity contribution in [3.05, 3.63) is 24.1 Å². The normalized spacial score (nSPS) is 20.9. The fourth-order valence-corrected chi connectivity index (χ4v) is 2.38. The molecule has 1 aromatic heterocycles. The number of amides is 1. The van der Waals surface area contributed by atoms with Crippen LogP contribution in [0.25, 0.3) is 0 Å². The third-order valence-corrected chi connectivity index (χ3v) is 3.79. The largest absolute Gasteiger partial charge is 0.295 e. The van der Waals surface area contributed by atoms with Crippen LogP contribution in [0.2, 0.25) is 0 Å². The van der Waals surface area contributed by atoms with Gasteiger partial charge in [0.2, 0.25) is 15.9 Å².